The van der Waals surface area contributed by atoms with E-state index in [9.17, 15) is 0 Å². The Balaban J connectivity index is 0.791. The van der Waals surface area contributed by atoms with Crippen molar-refractivity contribution in [2.24, 2.45) is 16.2 Å². The minimum absolute atomic E-state index is 0.125. The number of ketones is 6. The average molecular weight is 2160 g/mol. The quantitative estimate of drug-likeness (QED) is 0.0705. The molecule has 0 aliphatic heterocycles. The summed E-state index contributed by atoms with van der Waals surface area (Å²) >= 11 is 14.3. The molecule has 0 spiro atoms. The highest BCUT2D eigenvalue weighted by molar-refractivity contribution is 7.32. The number of hydrogen-bond acceptors (Lipinski definition) is 15. The topological polar surface area (TPSA) is 102 Å². The Labute approximate surface area is 930 Å². The molecule has 9 aromatic heterocycles. The van der Waals surface area contributed by atoms with Crippen LogP contribution in [0.2, 0.25) is 0 Å². The summed E-state index contributed by atoms with van der Waals surface area (Å²) < 4.78 is 0. The van der Waals surface area contributed by atoms with E-state index in [2.05, 4.69) is 430 Å². The van der Waals surface area contributed by atoms with Crippen LogP contribution in [0.1, 0.15) is 412 Å². The van der Waals surface area contributed by atoms with Crippen LogP contribution in [0.4, 0.5) is 0 Å². The van der Waals surface area contributed by atoms with Crippen molar-refractivity contribution in [2.75, 3.05) is 0 Å². The van der Waals surface area contributed by atoms with Gasteiger partial charge in [-0.2, -0.15) is 0 Å². The molecule has 9 heterocycles. The maximum Gasteiger partial charge on any atom is 0.179 e. The Morgan fingerprint density at radius 3 is 0.427 bits per heavy atom. The van der Waals surface area contributed by atoms with Crippen LogP contribution in [0.3, 0.4) is 0 Å². The zero-order valence-electron chi connectivity index (χ0n) is 95.3. The highest BCUT2D eigenvalue weighted by Crippen LogP contribution is 2.62. The third kappa shape index (κ3) is 20.9. The summed E-state index contributed by atoms with van der Waals surface area (Å²) in [6, 6.07) is 66.6. The first kappa shape index (κ1) is 110. The van der Waals surface area contributed by atoms with E-state index in [0.717, 1.165) is 178 Å². The van der Waals surface area contributed by atoms with Crippen LogP contribution < -0.4 is 0 Å². The van der Waals surface area contributed by atoms with Crippen molar-refractivity contribution in [3.05, 3.63) is 326 Å². The molecule has 782 valence electrons. The molecule has 0 unspecified atom stereocenters. The van der Waals surface area contributed by atoms with E-state index in [0.29, 0.717) is 33.4 Å². The molecule has 18 rings (SSSR count). The van der Waals surface area contributed by atoms with E-state index < -0.39 is 16.2 Å². The van der Waals surface area contributed by atoms with Crippen molar-refractivity contribution in [2.45, 2.75) is 353 Å². The Morgan fingerprint density at radius 2 is 0.300 bits per heavy atom. The summed E-state index contributed by atoms with van der Waals surface area (Å²) in [5, 5.41) is 4.12. The number of thiophene rings is 9. The number of Topliss-reactive ketones (excluding diaryl/α,β-unsaturated/α-hetero) is 6. The first-order valence-corrected chi connectivity index (χ1v) is 60.9. The lowest BCUT2D eigenvalue weighted by Gasteiger charge is -2.32. The average Bonchev–Trinajstić information content (AvgIpc) is 1.54. The molecule has 3 aliphatic carbocycles. The second-order valence-corrected chi connectivity index (χ2v) is 65.2. The smallest absolute Gasteiger partial charge is 0.179 e. The molecule has 3 aliphatic rings. The zero-order chi connectivity index (χ0) is 109. The molecule has 0 saturated carbocycles. The second-order valence-electron chi connectivity index (χ2n) is 55.9. The van der Waals surface area contributed by atoms with Crippen LogP contribution >= 0.6 is 102 Å². The van der Waals surface area contributed by atoms with Crippen molar-refractivity contribution in [1.82, 2.24) is 0 Å². The largest absolute Gasteiger partial charge is 0.293 e. The number of benzene rings is 6. The van der Waals surface area contributed by atoms with Gasteiger partial charge in [0.2, 0.25) is 0 Å². The lowest BCUT2D eigenvalue weighted by molar-refractivity contribution is 0.0682. The van der Waals surface area contributed by atoms with E-state index >= 15 is 28.8 Å². The van der Waals surface area contributed by atoms with Gasteiger partial charge in [0.05, 0.1) is 29.3 Å². The summed E-state index contributed by atoms with van der Waals surface area (Å²) in [7, 11) is 0. The summed E-state index contributed by atoms with van der Waals surface area (Å²) in [6.07, 6.45) is 1.24. The van der Waals surface area contributed by atoms with E-state index in [1.807, 2.05) is 12.1 Å². The number of rotatable bonds is 20. The van der Waals surface area contributed by atoms with Crippen molar-refractivity contribution >= 4 is 137 Å². The Bertz CT molecular complexity index is 7100. The van der Waals surface area contributed by atoms with Gasteiger partial charge in [-0.15, -0.1) is 102 Å². The SMILES string of the molecule is CC(C)(C)c1cc(CC2(Cc3cc(C(C)(C)C)cc(C(C)(C)C)c3)C(=O)c3c(-c4cccs4)sc(-c4ccc(-c5ccc(-c6sc(-c7ccc(-c8ccc(-c9sc(-c%10cccs%10)c%10c9C(=O)C(Cc9cc(C(C)(C)C)cc(C(C)(C)C)c9)(Cc9cc(C(C)(C)C)cc(C(C)(C)C)c9)C%10=O)s8)s7)c7c6C(=O)C(Cc6cc(C(C)(C)C)cc(C(C)(C)C)c6)(Cc6cc(C(C)(C)C)cc(C(C)(C)C)c6)C7=O)s5)s4)c3C2=O)cc(C(C)(C)C)c1. The fraction of sp³-hybridized carbons (Fsp3) is 0.422. The van der Waals surface area contributed by atoms with Gasteiger partial charge in [-0.25, -0.2) is 0 Å². The molecule has 0 bridgehead atoms. The minimum Gasteiger partial charge on any atom is -0.293 e. The van der Waals surface area contributed by atoms with Crippen molar-refractivity contribution < 1.29 is 28.8 Å². The first-order chi connectivity index (χ1) is 69.2. The Kier molecular flexibility index (Phi) is 28.0. The van der Waals surface area contributed by atoms with Crippen LogP contribution in [0, 0.1) is 16.2 Å². The van der Waals surface area contributed by atoms with Crippen LogP contribution in [0.25, 0.3) is 78.0 Å². The van der Waals surface area contributed by atoms with Gasteiger partial charge in [-0.3, -0.25) is 28.8 Å². The molecule has 0 fully saturated rings. The molecule has 0 N–H and O–H groups in total. The molecule has 6 aromatic carbocycles. The third-order valence-corrected chi connectivity index (χ3v) is 42.5. The van der Waals surface area contributed by atoms with Crippen LogP contribution in [-0.2, 0) is 104 Å². The molecular formula is C135H152O6S9. The highest BCUT2D eigenvalue weighted by atomic mass is 32.1. The molecule has 15 aromatic rings. The lowest BCUT2D eigenvalue weighted by atomic mass is 9.70. The molecular weight excluding hydrogens is 2010 g/mol. The van der Waals surface area contributed by atoms with E-state index in [4.69, 9.17) is 0 Å². The Morgan fingerprint density at radius 1 is 0.167 bits per heavy atom. The van der Waals surface area contributed by atoms with Gasteiger partial charge in [-0.1, -0.05) is 371 Å². The van der Waals surface area contributed by atoms with Crippen molar-refractivity contribution in [3.8, 4) is 78.0 Å². The standard InChI is InChI=1S/C135H152O6S9/c1-121(2,3)81-51-75(52-82(63-81)122(4,5)6)69-133(70-76-53-83(123(7,8)9)64-84(54-76)124(10,11)12)115(136)103-105(117(133)138)111(148-109(103)97-39-37-49-142-97)99-45-41-93(144-99)95-43-47-101(146-95)113-107-108(120(141)135(119(107)140,73-79-59-89(129(25,26)27)67-90(60-79)130(28,29)30)74-80-61-91(131(31,32)33)68-92(62-80)132(34,35)36)114(150-113)102-48-44-96(147-102)94-42-46-100(145-94)112-106-104(110(149-112)98-40-38-50-143-98)116(137)134(118(106)139,71-77-55-85(125(13,14)15)65-86(56-77)126(16,17)18)72-78-57-87(127(19,20)21)66-88(58-78)128(22,23)24/h37-68H,69-74H2,1-36H3. The van der Waals surface area contributed by atoms with Gasteiger partial charge >= 0.3 is 0 Å². The summed E-state index contributed by atoms with van der Waals surface area (Å²) in [6.45, 7) is 80.8. The highest BCUT2D eigenvalue weighted by Gasteiger charge is 2.60. The van der Waals surface area contributed by atoms with Gasteiger partial charge in [0.25, 0.3) is 0 Å². The fourth-order valence-corrected chi connectivity index (χ4v) is 32.0. The second kappa shape index (κ2) is 38.0. The van der Waals surface area contributed by atoms with Crippen LogP contribution in [-0.4, -0.2) is 34.7 Å². The van der Waals surface area contributed by atoms with Gasteiger partial charge in [0, 0.05) is 82.2 Å². The maximum atomic E-state index is 17.7. The normalized spacial score (nSPS) is 15.5. The number of carbonyl (C=O) groups is 6. The fourth-order valence-electron chi connectivity index (χ4n) is 21.8. The monoisotopic (exact) mass is 2160 g/mol. The van der Waals surface area contributed by atoms with Gasteiger partial charge in [-0.05, 0) is 275 Å². The minimum atomic E-state index is -1.60. The van der Waals surface area contributed by atoms with Gasteiger partial charge in [0.1, 0.15) is 16.2 Å². The number of carbonyl (C=O) groups excluding carboxylic acids is 6. The first-order valence-electron chi connectivity index (χ1n) is 53.4. The summed E-state index contributed by atoms with van der Waals surface area (Å²) in [4.78, 5) is 118. The third-order valence-electron chi connectivity index (χ3n) is 31.4. The number of fused-ring (bicyclic) bond motifs is 3. The summed E-state index contributed by atoms with van der Waals surface area (Å²) in [5.41, 5.74) is 15.2. The van der Waals surface area contributed by atoms with Gasteiger partial charge in [0.15, 0.2) is 34.7 Å². The molecule has 0 saturated heterocycles. The van der Waals surface area contributed by atoms with E-state index in [1.165, 1.54) is 11.3 Å². The van der Waals surface area contributed by atoms with Crippen molar-refractivity contribution in [3.63, 3.8) is 0 Å². The van der Waals surface area contributed by atoms with Crippen molar-refractivity contribution in [1.29, 1.82) is 0 Å². The van der Waals surface area contributed by atoms with Crippen LogP contribution in [0.15, 0.2) is 193 Å². The molecule has 6 nitrogen and oxygen atoms in total. The van der Waals surface area contributed by atoms with Crippen LogP contribution in [0.5, 0.6) is 0 Å². The predicted molar refractivity (Wildman–Crippen MR) is 649 cm³/mol. The molecule has 0 atom stereocenters. The molecule has 0 amide bonds. The lowest BCUT2D eigenvalue weighted by Crippen LogP contribution is -2.39. The molecule has 0 radical (unpaired) electrons. The Hall–Kier alpha value is -9.36. The summed E-state index contributed by atoms with van der Waals surface area (Å²) in [5.74, 6) is -0.877. The number of hydrogen-bond donors (Lipinski definition) is 0. The maximum absolute atomic E-state index is 17.7. The van der Waals surface area contributed by atoms with E-state index in [1.54, 1.807) is 90.7 Å². The predicted octanol–water partition coefficient (Wildman–Crippen LogP) is 39.7. The van der Waals surface area contributed by atoms with E-state index in [-0.39, 0.29) is 138 Å². The molecule has 15 heteroatoms. The van der Waals surface area contributed by atoms with Gasteiger partial charge < -0.3 is 0 Å². The zero-order valence-corrected chi connectivity index (χ0v) is 103. The molecule has 150 heavy (non-hydrogen) atoms.